The minimum Gasteiger partial charge on any atom is -1.00 e. The maximum Gasteiger partial charge on any atom is 0.196 e. The normalized spacial score (nSPS) is 32.8. The zero-order valence-corrected chi connectivity index (χ0v) is 5.22. The first kappa shape index (κ1) is 2.19. The number of nitrogens with zero attached hydrogens (tertiary/aromatic N) is 1. The standard InChI is InChI=1S/C5H13N2O.ClH/c1-7(2,3)5(6)4-8;/h4-5H,6H2,1-3H3;1H/q+1;/p-1/i1D3,2D3,3D3;. The van der Waals surface area contributed by atoms with Crippen molar-refractivity contribution in [3.63, 3.8) is 0 Å². The molecule has 0 aliphatic heterocycles. The van der Waals surface area contributed by atoms with Crippen LogP contribution in [0.4, 0.5) is 0 Å². The number of carbonyl (C=O) groups is 1. The van der Waals surface area contributed by atoms with Gasteiger partial charge in [-0.2, -0.15) is 0 Å². The molecule has 0 saturated heterocycles. The lowest BCUT2D eigenvalue weighted by atomic mass is 10.4. The topological polar surface area (TPSA) is 43.1 Å². The predicted molar refractivity (Wildman–Crippen MR) is 32.1 cm³/mol. The maximum absolute atomic E-state index is 10.6. The molecule has 0 aromatic carbocycles. The van der Waals surface area contributed by atoms with E-state index in [9.17, 15) is 4.79 Å². The van der Waals surface area contributed by atoms with Crippen molar-refractivity contribution in [2.75, 3.05) is 20.9 Å². The summed E-state index contributed by atoms with van der Waals surface area (Å²) in [5.41, 5.74) is 5.13. The van der Waals surface area contributed by atoms with Gasteiger partial charge in [0.2, 0.25) is 0 Å². The molecular formula is C5H13ClN2O. The largest absolute Gasteiger partial charge is 1.00 e. The molecule has 0 fully saturated rings. The summed E-state index contributed by atoms with van der Waals surface area (Å²) in [6, 6.07) is 0. The molecule has 0 heterocycles. The zero-order chi connectivity index (χ0) is 14.3. The lowest BCUT2D eigenvalue weighted by Gasteiger charge is -2.26. The zero-order valence-electron chi connectivity index (χ0n) is 13.5. The van der Waals surface area contributed by atoms with Crippen LogP contribution in [0.2, 0.25) is 0 Å². The van der Waals surface area contributed by atoms with E-state index in [-0.39, 0.29) is 18.7 Å². The molecule has 3 nitrogen and oxygen atoms in total. The minimum atomic E-state index is -3.49. The number of quaternary nitrogens is 1. The van der Waals surface area contributed by atoms with Gasteiger partial charge in [-0.1, -0.05) is 0 Å². The molecular weight excluding hydrogens is 140 g/mol. The highest BCUT2D eigenvalue weighted by Gasteiger charge is 2.16. The molecule has 0 aromatic rings. The van der Waals surface area contributed by atoms with Gasteiger partial charge in [-0.15, -0.1) is 0 Å². The van der Waals surface area contributed by atoms with Gasteiger partial charge in [0.15, 0.2) is 12.5 Å². The third kappa shape index (κ3) is 4.39. The predicted octanol–water partition coefficient (Wildman–Crippen LogP) is -3.82. The lowest BCUT2D eigenvalue weighted by Crippen LogP contribution is -3.00. The molecule has 0 radical (unpaired) electrons. The molecule has 0 aliphatic carbocycles. The number of carbonyl (C=O) groups excluding carboxylic acids is 1. The van der Waals surface area contributed by atoms with Crippen LogP contribution >= 0.6 is 0 Å². The first-order chi connectivity index (χ1) is 7.23. The fourth-order valence-electron chi connectivity index (χ4n) is 0.0913. The van der Waals surface area contributed by atoms with E-state index in [2.05, 4.69) is 0 Å². The molecule has 0 saturated carbocycles. The quantitative estimate of drug-likeness (QED) is 0.256. The molecule has 0 aromatic heterocycles. The second-order valence-electron chi connectivity index (χ2n) is 1.35. The molecule has 0 rings (SSSR count). The first-order valence-electron chi connectivity index (χ1n) is 6.33. The number of halogens is 1. The fraction of sp³-hybridized carbons (Fsp3) is 0.800. The van der Waals surface area contributed by atoms with Gasteiger partial charge in [0.05, 0.1) is 33.3 Å². The van der Waals surface area contributed by atoms with Gasteiger partial charge in [-0.25, -0.2) is 0 Å². The van der Waals surface area contributed by atoms with Gasteiger partial charge >= 0.3 is 0 Å². The Bertz CT molecular complexity index is 259. The van der Waals surface area contributed by atoms with E-state index in [1.807, 2.05) is 0 Å². The Morgan fingerprint density at radius 2 is 2.11 bits per heavy atom. The van der Waals surface area contributed by atoms with Crippen LogP contribution in [-0.4, -0.2) is 37.9 Å². The van der Waals surface area contributed by atoms with Crippen molar-refractivity contribution < 1.29 is 34.0 Å². The molecule has 2 N–H and O–H groups in total. The van der Waals surface area contributed by atoms with E-state index in [1.165, 1.54) is 0 Å². The Balaban J connectivity index is 0. The van der Waals surface area contributed by atoms with E-state index >= 15 is 0 Å². The number of likely N-dealkylation sites (N-methyl/N-ethyl adjacent to an activating group) is 1. The van der Waals surface area contributed by atoms with Crippen molar-refractivity contribution in [1.29, 1.82) is 0 Å². The van der Waals surface area contributed by atoms with Gasteiger partial charge in [0.25, 0.3) is 0 Å². The number of hydrogen-bond acceptors (Lipinski definition) is 2. The van der Waals surface area contributed by atoms with Crippen molar-refractivity contribution in [1.82, 2.24) is 0 Å². The number of aldehydes is 1. The summed E-state index contributed by atoms with van der Waals surface area (Å²) in [4.78, 5) is 10.6. The van der Waals surface area contributed by atoms with E-state index < -0.39 is 31.6 Å². The molecule has 56 valence electrons. The Labute approximate surface area is 74.5 Å². The van der Waals surface area contributed by atoms with Crippen LogP contribution in [-0.2, 0) is 4.79 Å². The monoisotopic (exact) mass is 161 g/mol. The third-order valence-electron chi connectivity index (χ3n) is 0.587. The summed E-state index contributed by atoms with van der Waals surface area (Å²) in [5, 5.41) is 0. The van der Waals surface area contributed by atoms with Crippen LogP contribution in [0.25, 0.3) is 0 Å². The Hall–Kier alpha value is -0.120. The summed E-state index contributed by atoms with van der Waals surface area (Å²) in [6.45, 7) is -10.5. The number of rotatable bonds is 2. The van der Waals surface area contributed by atoms with Crippen LogP contribution in [0, 0.1) is 0 Å². The number of nitrogens with two attached hydrogens (primary N) is 1. The average Bonchev–Trinajstić information content (AvgIpc) is 1.95. The van der Waals surface area contributed by atoms with Crippen molar-refractivity contribution in [2.45, 2.75) is 6.17 Å². The Morgan fingerprint density at radius 3 is 2.22 bits per heavy atom. The molecule has 9 heavy (non-hydrogen) atoms. The molecule has 0 aliphatic rings. The third-order valence-corrected chi connectivity index (χ3v) is 0.587. The molecule has 1 unspecified atom stereocenters. The summed E-state index contributed by atoms with van der Waals surface area (Å²) < 4.78 is 61.7. The second kappa shape index (κ2) is 3.82. The summed E-state index contributed by atoms with van der Waals surface area (Å²) in [5.74, 6) is 0. The van der Waals surface area contributed by atoms with Crippen LogP contribution in [0.1, 0.15) is 12.3 Å². The van der Waals surface area contributed by atoms with Gasteiger partial charge < -0.3 is 16.9 Å². The van der Waals surface area contributed by atoms with Crippen LogP contribution in [0.15, 0.2) is 0 Å². The van der Waals surface area contributed by atoms with E-state index in [0.717, 1.165) is 0 Å². The van der Waals surface area contributed by atoms with Crippen molar-refractivity contribution in [3.05, 3.63) is 0 Å². The molecule has 4 heteroatoms. The highest BCUT2D eigenvalue weighted by atomic mass is 35.5. The minimum absolute atomic E-state index is 0. The van der Waals surface area contributed by atoms with E-state index in [0.29, 0.717) is 0 Å². The fourth-order valence-corrected chi connectivity index (χ4v) is 0.0913. The Kier molecular flexibility index (Phi) is 0.928. The van der Waals surface area contributed by atoms with Crippen LogP contribution in [0.3, 0.4) is 0 Å². The maximum atomic E-state index is 10.6. The van der Waals surface area contributed by atoms with Crippen molar-refractivity contribution in [3.8, 4) is 0 Å². The summed E-state index contributed by atoms with van der Waals surface area (Å²) in [6.07, 6.45) is -2.40. The smallest absolute Gasteiger partial charge is 0.196 e. The molecule has 0 bridgehead atoms. The molecule has 0 spiro atoms. The van der Waals surface area contributed by atoms with Crippen LogP contribution in [0.5, 0.6) is 0 Å². The lowest BCUT2D eigenvalue weighted by molar-refractivity contribution is -0.885. The number of hydrogen-bond donors (Lipinski definition) is 1. The molecule has 1 atom stereocenters. The van der Waals surface area contributed by atoms with Crippen LogP contribution < -0.4 is 18.1 Å². The Morgan fingerprint density at radius 1 is 1.67 bits per heavy atom. The van der Waals surface area contributed by atoms with E-state index in [1.54, 1.807) is 0 Å². The van der Waals surface area contributed by atoms with Gasteiger partial charge in [-0.3, -0.25) is 10.5 Å². The summed E-state index contributed by atoms with van der Waals surface area (Å²) in [7, 11) is 0. The first-order valence-corrected chi connectivity index (χ1v) is 1.83. The SMILES string of the molecule is [2H]C([2H])([2H])[N+](C(N)C=O)(C([2H])([2H])[2H])C([2H])([2H])[2H].[Cl-]. The van der Waals surface area contributed by atoms with Gasteiger partial charge in [0.1, 0.15) is 0 Å². The second-order valence-corrected chi connectivity index (χ2v) is 1.35. The highest BCUT2D eigenvalue weighted by Crippen LogP contribution is 1.90. The van der Waals surface area contributed by atoms with Crippen molar-refractivity contribution in [2.24, 2.45) is 5.73 Å². The van der Waals surface area contributed by atoms with Gasteiger partial charge in [0, 0.05) is 0 Å². The van der Waals surface area contributed by atoms with Crippen molar-refractivity contribution >= 4 is 6.29 Å². The summed E-state index contributed by atoms with van der Waals surface area (Å²) >= 11 is 0. The molecule has 0 amide bonds. The average molecular weight is 162 g/mol. The van der Waals surface area contributed by atoms with Gasteiger partial charge in [-0.05, 0) is 0 Å². The highest BCUT2D eigenvalue weighted by molar-refractivity contribution is 5.54. The van der Waals surface area contributed by atoms with E-state index in [4.69, 9.17) is 18.1 Å².